The fourth-order valence-electron chi connectivity index (χ4n) is 2.86. The summed E-state index contributed by atoms with van der Waals surface area (Å²) in [4.78, 5) is 2.23. The van der Waals surface area contributed by atoms with Gasteiger partial charge in [-0.05, 0) is 43.5 Å². The molecule has 1 aromatic rings. The molecule has 1 aliphatic heterocycles. The first-order chi connectivity index (χ1) is 9.72. The van der Waals surface area contributed by atoms with Crippen molar-refractivity contribution in [2.45, 2.75) is 25.4 Å². The summed E-state index contributed by atoms with van der Waals surface area (Å²) in [6.07, 6.45) is 3.56. The Hall–Kier alpha value is -1.26. The van der Waals surface area contributed by atoms with Crippen molar-refractivity contribution >= 4 is 0 Å². The van der Waals surface area contributed by atoms with Crippen LogP contribution in [0.15, 0.2) is 18.2 Å². The van der Waals surface area contributed by atoms with Crippen molar-refractivity contribution < 1.29 is 14.6 Å². The molecule has 0 spiro atoms. The Labute approximate surface area is 120 Å². The van der Waals surface area contributed by atoms with Gasteiger partial charge in [-0.15, -0.1) is 0 Å². The number of nitrogens with zero attached hydrogens (tertiary/aromatic N) is 1. The first kappa shape index (κ1) is 13.7. The van der Waals surface area contributed by atoms with Crippen molar-refractivity contribution in [3.05, 3.63) is 23.8 Å². The van der Waals surface area contributed by atoms with Crippen LogP contribution in [-0.4, -0.2) is 43.4 Å². The molecule has 0 bridgehead atoms. The predicted octanol–water partition coefficient (Wildman–Crippen LogP) is 2.22. The van der Waals surface area contributed by atoms with E-state index < -0.39 is 6.10 Å². The molecular formula is C16H23NO3. The molecule has 0 aromatic heterocycles. The van der Waals surface area contributed by atoms with E-state index in [1.54, 1.807) is 0 Å². The minimum atomic E-state index is -0.476. The normalized spacial score (nSPS) is 19.8. The average molecular weight is 277 g/mol. The zero-order valence-corrected chi connectivity index (χ0v) is 12.0. The van der Waals surface area contributed by atoms with Crippen molar-refractivity contribution in [2.24, 2.45) is 5.92 Å². The Morgan fingerprint density at radius 1 is 1.25 bits per heavy atom. The molecule has 1 aromatic carbocycles. The molecule has 0 radical (unpaired) electrons. The summed E-state index contributed by atoms with van der Waals surface area (Å²) < 4.78 is 11.1. The molecule has 20 heavy (non-hydrogen) atoms. The van der Waals surface area contributed by atoms with Gasteiger partial charge in [0.05, 0.1) is 6.10 Å². The van der Waals surface area contributed by atoms with Crippen molar-refractivity contribution in [2.75, 3.05) is 33.4 Å². The summed E-state index contributed by atoms with van der Waals surface area (Å²) in [5.41, 5.74) is 0.898. The summed E-state index contributed by atoms with van der Waals surface area (Å²) in [5.74, 6) is 2.34. The number of hydrogen-bond acceptors (Lipinski definition) is 4. The Balaban J connectivity index is 1.59. The molecule has 1 N–H and O–H groups in total. The number of aliphatic hydroxyl groups is 1. The van der Waals surface area contributed by atoms with Gasteiger partial charge in [-0.1, -0.05) is 12.5 Å². The molecule has 1 heterocycles. The molecule has 4 nitrogen and oxygen atoms in total. The Bertz CT molecular complexity index is 459. The Kier molecular flexibility index (Phi) is 4.13. The molecule has 2 aliphatic rings. The van der Waals surface area contributed by atoms with E-state index in [2.05, 4.69) is 11.9 Å². The molecule has 110 valence electrons. The summed E-state index contributed by atoms with van der Waals surface area (Å²) >= 11 is 0. The third-order valence-corrected chi connectivity index (χ3v) is 4.23. The lowest BCUT2D eigenvalue weighted by molar-refractivity contribution is 0.106. The highest BCUT2D eigenvalue weighted by Crippen LogP contribution is 2.33. The maximum atomic E-state index is 10.4. The van der Waals surface area contributed by atoms with Crippen molar-refractivity contribution in [3.8, 4) is 11.5 Å². The van der Waals surface area contributed by atoms with E-state index in [1.165, 1.54) is 19.3 Å². The van der Waals surface area contributed by atoms with Gasteiger partial charge in [0.15, 0.2) is 11.5 Å². The lowest BCUT2D eigenvalue weighted by Gasteiger charge is -2.31. The second-order valence-electron chi connectivity index (χ2n) is 5.94. The predicted molar refractivity (Wildman–Crippen MR) is 77.2 cm³/mol. The molecular weight excluding hydrogens is 254 g/mol. The quantitative estimate of drug-likeness (QED) is 0.896. The summed E-state index contributed by atoms with van der Waals surface area (Å²) in [7, 11) is 2.08. The number of ether oxygens (including phenoxy) is 2. The first-order valence-electron chi connectivity index (χ1n) is 7.48. The van der Waals surface area contributed by atoms with Gasteiger partial charge in [0, 0.05) is 13.1 Å². The van der Waals surface area contributed by atoms with Crippen LogP contribution in [0, 0.1) is 5.92 Å². The molecule has 3 rings (SSSR count). The van der Waals surface area contributed by atoms with Crippen LogP contribution < -0.4 is 9.47 Å². The highest BCUT2D eigenvalue weighted by molar-refractivity contribution is 5.44. The number of aliphatic hydroxyl groups excluding tert-OH is 1. The third kappa shape index (κ3) is 3.07. The Morgan fingerprint density at radius 3 is 2.70 bits per heavy atom. The van der Waals surface area contributed by atoms with Crippen LogP contribution in [0.5, 0.6) is 11.5 Å². The molecule has 1 unspecified atom stereocenters. The van der Waals surface area contributed by atoms with E-state index in [1.807, 2.05) is 18.2 Å². The summed E-state index contributed by atoms with van der Waals surface area (Å²) in [6.45, 7) is 2.92. The number of benzene rings is 1. The molecule has 1 aliphatic carbocycles. The number of rotatable bonds is 5. The highest BCUT2D eigenvalue weighted by atomic mass is 16.6. The van der Waals surface area contributed by atoms with Gasteiger partial charge in [0.25, 0.3) is 0 Å². The molecule has 1 fully saturated rings. The van der Waals surface area contributed by atoms with Crippen LogP contribution >= 0.6 is 0 Å². The van der Waals surface area contributed by atoms with Crippen LogP contribution in [0.1, 0.15) is 30.9 Å². The second kappa shape index (κ2) is 6.02. The van der Waals surface area contributed by atoms with Crippen molar-refractivity contribution in [1.29, 1.82) is 0 Å². The highest BCUT2D eigenvalue weighted by Gasteiger charge is 2.21. The van der Waals surface area contributed by atoms with E-state index in [9.17, 15) is 5.11 Å². The zero-order chi connectivity index (χ0) is 13.9. The van der Waals surface area contributed by atoms with Gasteiger partial charge >= 0.3 is 0 Å². The largest absolute Gasteiger partial charge is 0.486 e. The maximum absolute atomic E-state index is 10.4. The minimum absolute atomic E-state index is 0.476. The van der Waals surface area contributed by atoms with Gasteiger partial charge in [0.1, 0.15) is 13.2 Å². The van der Waals surface area contributed by atoms with E-state index in [0.717, 1.165) is 29.5 Å². The fourth-order valence-corrected chi connectivity index (χ4v) is 2.86. The van der Waals surface area contributed by atoms with Crippen LogP contribution in [0.2, 0.25) is 0 Å². The van der Waals surface area contributed by atoms with Crippen LogP contribution in [0.25, 0.3) is 0 Å². The summed E-state index contributed by atoms with van der Waals surface area (Å²) in [5, 5.41) is 10.4. The van der Waals surface area contributed by atoms with Gasteiger partial charge < -0.3 is 19.5 Å². The molecule has 0 saturated heterocycles. The lowest BCUT2D eigenvalue weighted by atomic mass is 9.85. The topological polar surface area (TPSA) is 41.9 Å². The van der Waals surface area contributed by atoms with E-state index in [0.29, 0.717) is 19.8 Å². The average Bonchev–Trinajstić information content (AvgIpc) is 2.42. The molecule has 4 heteroatoms. The molecule has 1 atom stereocenters. The number of fused-ring (bicyclic) bond motifs is 1. The molecule has 1 saturated carbocycles. The third-order valence-electron chi connectivity index (χ3n) is 4.23. The van der Waals surface area contributed by atoms with Gasteiger partial charge in [-0.2, -0.15) is 0 Å². The zero-order valence-electron chi connectivity index (χ0n) is 12.0. The van der Waals surface area contributed by atoms with Gasteiger partial charge in [-0.25, -0.2) is 0 Å². The Morgan fingerprint density at radius 2 is 2.00 bits per heavy atom. The van der Waals surface area contributed by atoms with Crippen LogP contribution in [0.3, 0.4) is 0 Å². The number of hydrogen-bond donors (Lipinski definition) is 1. The smallest absolute Gasteiger partial charge is 0.161 e. The SMILES string of the molecule is CN(CC1CCC1)CC(O)c1ccc2c(c1)OCCO2. The molecule has 0 amide bonds. The van der Waals surface area contributed by atoms with E-state index in [-0.39, 0.29) is 0 Å². The van der Waals surface area contributed by atoms with Gasteiger partial charge in [0.2, 0.25) is 0 Å². The van der Waals surface area contributed by atoms with Crippen LogP contribution in [-0.2, 0) is 0 Å². The van der Waals surface area contributed by atoms with Crippen molar-refractivity contribution in [1.82, 2.24) is 4.90 Å². The second-order valence-corrected chi connectivity index (χ2v) is 5.94. The first-order valence-corrected chi connectivity index (χ1v) is 7.48. The summed E-state index contributed by atoms with van der Waals surface area (Å²) in [6, 6.07) is 5.71. The number of likely N-dealkylation sites (N-methyl/N-ethyl adjacent to an activating group) is 1. The standard InChI is InChI=1S/C16H23NO3/c1-17(10-12-3-2-4-12)11-14(18)13-5-6-15-16(9-13)20-8-7-19-15/h5-6,9,12,14,18H,2-4,7-8,10-11H2,1H3. The van der Waals surface area contributed by atoms with Gasteiger partial charge in [-0.3, -0.25) is 0 Å². The maximum Gasteiger partial charge on any atom is 0.161 e. The van der Waals surface area contributed by atoms with E-state index in [4.69, 9.17) is 9.47 Å². The van der Waals surface area contributed by atoms with Crippen molar-refractivity contribution in [3.63, 3.8) is 0 Å². The monoisotopic (exact) mass is 277 g/mol. The van der Waals surface area contributed by atoms with Crippen LogP contribution in [0.4, 0.5) is 0 Å². The fraction of sp³-hybridized carbons (Fsp3) is 0.625. The lowest BCUT2D eigenvalue weighted by Crippen LogP contribution is -2.32. The minimum Gasteiger partial charge on any atom is -0.486 e. The van der Waals surface area contributed by atoms with E-state index >= 15 is 0 Å².